The van der Waals surface area contributed by atoms with Gasteiger partial charge in [-0.05, 0) is 23.0 Å². The van der Waals surface area contributed by atoms with Crippen LogP contribution in [-0.2, 0) is 46.6 Å². The van der Waals surface area contributed by atoms with Crippen molar-refractivity contribution in [3.8, 4) is 0 Å². The zero-order chi connectivity index (χ0) is 28.4. The molecule has 0 aliphatic carbocycles. The highest BCUT2D eigenvalue weighted by molar-refractivity contribution is 5.97. The average molecular weight is 539 g/mol. The Morgan fingerprint density at radius 2 is 1.49 bits per heavy atom. The Balaban J connectivity index is 1.66. The van der Waals surface area contributed by atoms with Gasteiger partial charge in [0.25, 0.3) is 5.91 Å². The molecule has 1 fully saturated rings. The fraction of sp³-hybridized carbons (Fsp3) is 0.467. The van der Waals surface area contributed by atoms with E-state index in [1.165, 1.54) is 0 Å². The number of hydrogen-bond donors (Lipinski definition) is 2. The second-order valence-corrected chi connectivity index (χ2v) is 10.2. The van der Waals surface area contributed by atoms with Gasteiger partial charge in [-0.15, -0.1) is 0 Å². The van der Waals surface area contributed by atoms with Crippen molar-refractivity contribution in [2.75, 3.05) is 6.61 Å². The van der Waals surface area contributed by atoms with Crippen molar-refractivity contribution < 1.29 is 33.4 Å². The summed E-state index contributed by atoms with van der Waals surface area (Å²) in [6.07, 6.45) is -0.227. The standard InChI is InChI=1S/C30H38N2O7/c1-5-20(4)24-26(39-30(24)36)28(34)32-25(19(2)3)27(33)31-23(18-37-16-21-12-8-6-9-13-21)29(35)38-17-22-14-10-7-11-15-22/h6-15,19-20,23-26H,5,16-18H2,1-4H3,(H,31,33)(H,32,34)/t20-,23-,24-,25-,26+/m0/s1. The quantitative estimate of drug-likeness (QED) is 0.355. The van der Waals surface area contributed by atoms with Crippen LogP contribution >= 0.6 is 0 Å². The lowest BCUT2D eigenvalue weighted by Gasteiger charge is -2.38. The highest BCUT2D eigenvalue weighted by Crippen LogP contribution is 2.31. The van der Waals surface area contributed by atoms with E-state index < -0.39 is 47.9 Å². The average Bonchev–Trinajstić information content (AvgIpc) is 2.93. The molecule has 9 heteroatoms. The Bertz CT molecular complexity index is 1110. The lowest BCUT2D eigenvalue weighted by atomic mass is 9.82. The number of hydrogen-bond acceptors (Lipinski definition) is 7. The highest BCUT2D eigenvalue weighted by Gasteiger charge is 2.50. The van der Waals surface area contributed by atoms with Crippen molar-refractivity contribution in [2.45, 2.75) is 65.5 Å². The third-order valence-electron chi connectivity index (χ3n) is 6.82. The molecule has 0 saturated carbocycles. The number of amides is 2. The van der Waals surface area contributed by atoms with Crippen molar-refractivity contribution in [3.63, 3.8) is 0 Å². The number of carbonyl (C=O) groups excluding carboxylic acids is 4. The van der Waals surface area contributed by atoms with Gasteiger partial charge in [-0.25, -0.2) is 4.79 Å². The second-order valence-electron chi connectivity index (χ2n) is 10.2. The minimum absolute atomic E-state index is 0.0288. The molecule has 2 aromatic carbocycles. The molecule has 0 unspecified atom stereocenters. The molecule has 0 radical (unpaired) electrons. The maximum absolute atomic E-state index is 13.3. The Hall–Kier alpha value is -3.72. The van der Waals surface area contributed by atoms with Crippen molar-refractivity contribution in [1.82, 2.24) is 10.6 Å². The number of carbonyl (C=O) groups is 4. The summed E-state index contributed by atoms with van der Waals surface area (Å²) in [6.45, 7) is 7.54. The van der Waals surface area contributed by atoms with E-state index in [9.17, 15) is 19.2 Å². The molecule has 39 heavy (non-hydrogen) atoms. The molecule has 3 rings (SSSR count). The number of esters is 2. The lowest BCUT2D eigenvalue weighted by molar-refractivity contribution is -0.193. The molecule has 5 atom stereocenters. The SMILES string of the molecule is CC[C@H](C)[C@@H]1C(=O)O[C@H]1C(=O)N[C@H](C(=O)N[C@@H](COCc1ccccc1)C(=O)OCc1ccccc1)C(C)C. The van der Waals surface area contributed by atoms with E-state index in [1.807, 2.05) is 74.5 Å². The summed E-state index contributed by atoms with van der Waals surface area (Å²) in [5, 5.41) is 5.40. The van der Waals surface area contributed by atoms with Crippen LogP contribution in [0.4, 0.5) is 0 Å². The van der Waals surface area contributed by atoms with Gasteiger partial charge in [0.1, 0.15) is 18.6 Å². The number of benzene rings is 2. The van der Waals surface area contributed by atoms with E-state index >= 15 is 0 Å². The van der Waals surface area contributed by atoms with Crippen LogP contribution in [-0.4, -0.2) is 48.5 Å². The molecule has 2 N–H and O–H groups in total. The van der Waals surface area contributed by atoms with Gasteiger partial charge >= 0.3 is 11.9 Å². The van der Waals surface area contributed by atoms with Crippen LogP contribution in [0.5, 0.6) is 0 Å². The fourth-order valence-corrected chi connectivity index (χ4v) is 4.23. The van der Waals surface area contributed by atoms with E-state index in [0.717, 1.165) is 11.1 Å². The molecular formula is C30H38N2O7. The molecule has 1 aliphatic heterocycles. The van der Waals surface area contributed by atoms with E-state index in [1.54, 1.807) is 13.8 Å². The molecule has 0 aromatic heterocycles. The van der Waals surface area contributed by atoms with Gasteiger partial charge in [-0.3, -0.25) is 14.4 Å². The molecule has 1 heterocycles. The van der Waals surface area contributed by atoms with Gasteiger partial charge in [-0.2, -0.15) is 0 Å². The Labute approximate surface area is 229 Å². The minimum Gasteiger partial charge on any atom is -0.459 e. The molecule has 1 aliphatic rings. The van der Waals surface area contributed by atoms with Crippen molar-refractivity contribution in [1.29, 1.82) is 0 Å². The molecule has 210 valence electrons. The first-order valence-electron chi connectivity index (χ1n) is 13.3. The van der Waals surface area contributed by atoms with E-state index in [-0.39, 0.29) is 31.7 Å². The molecule has 9 nitrogen and oxygen atoms in total. The van der Waals surface area contributed by atoms with E-state index in [2.05, 4.69) is 10.6 Å². The summed E-state index contributed by atoms with van der Waals surface area (Å²) >= 11 is 0. The van der Waals surface area contributed by atoms with Crippen LogP contribution in [0.15, 0.2) is 60.7 Å². The third kappa shape index (κ3) is 8.38. The Morgan fingerprint density at radius 3 is 2.03 bits per heavy atom. The van der Waals surface area contributed by atoms with Gasteiger partial charge in [0, 0.05) is 0 Å². The summed E-state index contributed by atoms with van der Waals surface area (Å²) in [5.74, 6) is -3.04. The number of rotatable bonds is 14. The van der Waals surface area contributed by atoms with Gasteiger partial charge in [0.05, 0.1) is 13.2 Å². The summed E-state index contributed by atoms with van der Waals surface area (Å²) in [4.78, 5) is 51.2. The molecule has 1 saturated heterocycles. The van der Waals surface area contributed by atoms with Gasteiger partial charge in [-0.1, -0.05) is 94.8 Å². The van der Waals surface area contributed by atoms with Crippen LogP contribution in [0, 0.1) is 17.8 Å². The molecular weight excluding hydrogens is 500 g/mol. The maximum Gasteiger partial charge on any atom is 0.331 e. The van der Waals surface area contributed by atoms with E-state index in [4.69, 9.17) is 14.2 Å². The Morgan fingerprint density at radius 1 is 0.897 bits per heavy atom. The zero-order valence-electron chi connectivity index (χ0n) is 22.9. The third-order valence-corrected chi connectivity index (χ3v) is 6.82. The van der Waals surface area contributed by atoms with Crippen LogP contribution in [0.2, 0.25) is 0 Å². The number of ether oxygens (including phenoxy) is 3. The van der Waals surface area contributed by atoms with Gasteiger partial charge in [0.2, 0.25) is 5.91 Å². The first-order valence-corrected chi connectivity index (χ1v) is 13.3. The second kappa shape index (κ2) is 14.4. The first-order chi connectivity index (χ1) is 18.7. The topological polar surface area (TPSA) is 120 Å². The smallest absolute Gasteiger partial charge is 0.331 e. The summed E-state index contributed by atoms with van der Waals surface area (Å²) in [5.41, 5.74) is 1.72. The maximum atomic E-state index is 13.3. The number of cyclic esters (lactones) is 1. The lowest BCUT2D eigenvalue weighted by Crippen LogP contribution is -2.61. The number of nitrogens with one attached hydrogen (secondary N) is 2. The fourth-order valence-electron chi connectivity index (χ4n) is 4.23. The normalized spacial score (nSPS) is 18.7. The monoisotopic (exact) mass is 538 g/mol. The Kier molecular flexibility index (Phi) is 11.0. The minimum atomic E-state index is -1.10. The van der Waals surface area contributed by atoms with Gasteiger partial charge < -0.3 is 24.8 Å². The molecule has 2 amide bonds. The van der Waals surface area contributed by atoms with Crippen LogP contribution in [0.3, 0.4) is 0 Å². The van der Waals surface area contributed by atoms with Crippen LogP contribution in [0.25, 0.3) is 0 Å². The highest BCUT2D eigenvalue weighted by atomic mass is 16.6. The molecule has 0 bridgehead atoms. The van der Waals surface area contributed by atoms with Crippen molar-refractivity contribution >= 4 is 23.8 Å². The predicted octanol–water partition coefficient (Wildman–Crippen LogP) is 3.16. The van der Waals surface area contributed by atoms with Crippen molar-refractivity contribution in [3.05, 3.63) is 71.8 Å². The summed E-state index contributed by atoms with van der Waals surface area (Å²) in [6, 6.07) is 16.6. The predicted molar refractivity (Wildman–Crippen MR) is 144 cm³/mol. The largest absolute Gasteiger partial charge is 0.459 e. The summed E-state index contributed by atoms with van der Waals surface area (Å²) in [7, 11) is 0. The zero-order valence-corrected chi connectivity index (χ0v) is 22.9. The van der Waals surface area contributed by atoms with Crippen molar-refractivity contribution in [2.24, 2.45) is 17.8 Å². The first kappa shape index (κ1) is 29.8. The molecule has 0 spiro atoms. The summed E-state index contributed by atoms with van der Waals surface area (Å²) < 4.78 is 16.3. The molecule has 2 aromatic rings. The van der Waals surface area contributed by atoms with Crippen LogP contribution < -0.4 is 10.6 Å². The van der Waals surface area contributed by atoms with E-state index in [0.29, 0.717) is 6.42 Å². The van der Waals surface area contributed by atoms with Gasteiger partial charge in [0.15, 0.2) is 12.1 Å². The van der Waals surface area contributed by atoms with Crippen LogP contribution in [0.1, 0.15) is 45.2 Å².